The minimum absolute atomic E-state index is 0.623. The first-order valence-corrected chi connectivity index (χ1v) is 6.04. The molecule has 1 N–H and O–H groups in total. The van der Waals surface area contributed by atoms with Gasteiger partial charge in [0.1, 0.15) is 0 Å². The summed E-state index contributed by atoms with van der Waals surface area (Å²) < 4.78 is 4.98. The number of hydrogen-bond acceptors (Lipinski definition) is 2. The summed E-state index contributed by atoms with van der Waals surface area (Å²) in [6.45, 7) is 4.95. The van der Waals surface area contributed by atoms with Crippen molar-refractivity contribution in [3.8, 4) is 0 Å². The summed E-state index contributed by atoms with van der Waals surface area (Å²) >= 11 is 5.84. The third-order valence-electron chi connectivity index (χ3n) is 2.47. The van der Waals surface area contributed by atoms with E-state index in [4.69, 9.17) is 16.3 Å². The Kier molecular flexibility index (Phi) is 6.46. The second-order valence-corrected chi connectivity index (χ2v) is 4.57. The Labute approximate surface area is 103 Å². The van der Waals surface area contributed by atoms with Crippen molar-refractivity contribution in [3.05, 3.63) is 34.9 Å². The van der Waals surface area contributed by atoms with E-state index in [0.29, 0.717) is 5.92 Å². The van der Waals surface area contributed by atoms with Gasteiger partial charge in [-0.05, 0) is 36.6 Å². The lowest BCUT2D eigenvalue weighted by atomic mass is 10.0. The van der Waals surface area contributed by atoms with E-state index in [9.17, 15) is 0 Å². The fourth-order valence-corrected chi connectivity index (χ4v) is 1.74. The van der Waals surface area contributed by atoms with Gasteiger partial charge in [-0.25, -0.2) is 0 Å². The summed E-state index contributed by atoms with van der Waals surface area (Å²) in [5.41, 5.74) is 1.34. The van der Waals surface area contributed by atoms with Crippen LogP contribution in [-0.2, 0) is 11.2 Å². The summed E-state index contributed by atoms with van der Waals surface area (Å²) in [7, 11) is 1.72. The van der Waals surface area contributed by atoms with Crippen molar-refractivity contribution >= 4 is 11.6 Å². The van der Waals surface area contributed by atoms with Crippen LogP contribution >= 0.6 is 11.6 Å². The molecule has 0 spiro atoms. The van der Waals surface area contributed by atoms with Crippen LogP contribution in [0.25, 0.3) is 0 Å². The van der Waals surface area contributed by atoms with Crippen molar-refractivity contribution in [3.63, 3.8) is 0 Å². The van der Waals surface area contributed by atoms with Gasteiger partial charge in [0.15, 0.2) is 0 Å². The van der Waals surface area contributed by atoms with Gasteiger partial charge >= 0.3 is 0 Å². The molecule has 1 unspecified atom stereocenters. The molecule has 0 bridgehead atoms. The fourth-order valence-electron chi connectivity index (χ4n) is 1.62. The lowest BCUT2D eigenvalue weighted by Gasteiger charge is -2.12. The quantitative estimate of drug-likeness (QED) is 0.742. The third-order valence-corrected chi connectivity index (χ3v) is 2.73. The topological polar surface area (TPSA) is 21.3 Å². The lowest BCUT2D eigenvalue weighted by Crippen LogP contribution is -2.25. The standard InChI is InChI=1S/C13H20ClNO/c1-11(10-15-7-8-16-2)9-12-3-5-13(14)6-4-12/h3-6,11,15H,7-10H2,1-2H3. The summed E-state index contributed by atoms with van der Waals surface area (Å²) in [6.07, 6.45) is 1.08. The number of ether oxygens (including phenoxy) is 1. The highest BCUT2D eigenvalue weighted by Gasteiger charge is 2.03. The Hall–Kier alpha value is -0.570. The van der Waals surface area contributed by atoms with Crippen LogP contribution < -0.4 is 5.32 Å². The largest absolute Gasteiger partial charge is 0.383 e. The zero-order valence-electron chi connectivity index (χ0n) is 10.0. The highest BCUT2D eigenvalue weighted by molar-refractivity contribution is 6.30. The molecule has 0 aliphatic heterocycles. The smallest absolute Gasteiger partial charge is 0.0587 e. The van der Waals surface area contributed by atoms with E-state index >= 15 is 0 Å². The summed E-state index contributed by atoms with van der Waals surface area (Å²) in [5.74, 6) is 0.623. The van der Waals surface area contributed by atoms with Crippen LogP contribution in [0.5, 0.6) is 0 Å². The van der Waals surface area contributed by atoms with Crippen LogP contribution in [0.4, 0.5) is 0 Å². The first kappa shape index (κ1) is 13.5. The Morgan fingerprint density at radius 1 is 1.31 bits per heavy atom. The molecule has 0 heterocycles. The van der Waals surface area contributed by atoms with Crippen molar-refractivity contribution in [2.75, 3.05) is 26.8 Å². The molecule has 3 heteroatoms. The van der Waals surface area contributed by atoms with Crippen molar-refractivity contribution in [1.29, 1.82) is 0 Å². The number of nitrogens with one attached hydrogen (secondary N) is 1. The van der Waals surface area contributed by atoms with E-state index in [-0.39, 0.29) is 0 Å². The van der Waals surface area contributed by atoms with Gasteiger partial charge in [-0.1, -0.05) is 30.7 Å². The molecule has 0 aliphatic rings. The third kappa shape index (κ3) is 5.50. The van der Waals surface area contributed by atoms with Crippen molar-refractivity contribution in [1.82, 2.24) is 5.32 Å². The first-order valence-electron chi connectivity index (χ1n) is 5.66. The van der Waals surface area contributed by atoms with Crippen molar-refractivity contribution < 1.29 is 4.74 Å². The molecule has 16 heavy (non-hydrogen) atoms. The van der Waals surface area contributed by atoms with Gasteiger partial charge in [0.25, 0.3) is 0 Å². The first-order chi connectivity index (χ1) is 7.72. The molecule has 2 nitrogen and oxygen atoms in total. The molecule has 1 aromatic rings. The number of hydrogen-bond donors (Lipinski definition) is 1. The molecule has 0 radical (unpaired) electrons. The summed E-state index contributed by atoms with van der Waals surface area (Å²) in [5, 5.41) is 4.17. The maximum atomic E-state index is 5.84. The van der Waals surface area contributed by atoms with E-state index in [1.54, 1.807) is 7.11 Å². The molecule has 90 valence electrons. The van der Waals surface area contributed by atoms with Gasteiger partial charge < -0.3 is 10.1 Å². The van der Waals surface area contributed by atoms with E-state index in [1.807, 2.05) is 12.1 Å². The highest BCUT2D eigenvalue weighted by Crippen LogP contribution is 2.12. The van der Waals surface area contributed by atoms with Crippen LogP contribution in [0, 0.1) is 5.92 Å². The summed E-state index contributed by atoms with van der Waals surface area (Å²) in [6, 6.07) is 8.08. The van der Waals surface area contributed by atoms with Crippen molar-refractivity contribution in [2.24, 2.45) is 5.92 Å². The van der Waals surface area contributed by atoms with Crippen LogP contribution in [0.2, 0.25) is 5.02 Å². The van der Waals surface area contributed by atoms with Crippen molar-refractivity contribution in [2.45, 2.75) is 13.3 Å². The average Bonchev–Trinajstić information content (AvgIpc) is 2.28. The van der Waals surface area contributed by atoms with Crippen LogP contribution in [0.3, 0.4) is 0 Å². The average molecular weight is 242 g/mol. The van der Waals surface area contributed by atoms with E-state index in [1.165, 1.54) is 5.56 Å². The molecule has 0 fully saturated rings. The van der Waals surface area contributed by atoms with Gasteiger partial charge in [0.2, 0.25) is 0 Å². The van der Waals surface area contributed by atoms with Gasteiger partial charge in [0.05, 0.1) is 6.61 Å². The van der Waals surface area contributed by atoms with Gasteiger partial charge in [-0.3, -0.25) is 0 Å². The molecular formula is C13H20ClNO. The SMILES string of the molecule is COCCNCC(C)Cc1ccc(Cl)cc1. The monoisotopic (exact) mass is 241 g/mol. The van der Waals surface area contributed by atoms with Gasteiger partial charge in [-0.15, -0.1) is 0 Å². The zero-order valence-corrected chi connectivity index (χ0v) is 10.8. The second kappa shape index (κ2) is 7.66. The van der Waals surface area contributed by atoms with Gasteiger partial charge in [0, 0.05) is 18.7 Å². The maximum absolute atomic E-state index is 5.84. The molecule has 1 rings (SSSR count). The van der Waals surface area contributed by atoms with Crippen LogP contribution in [0.1, 0.15) is 12.5 Å². The molecule has 1 aromatic carbocycles. The number of rotatable bonds is 7. The second-order valence-electron chi connectivity index (χ2n) is 4.13. The molecule has 0 aliphatic carbocycles. The molecular weight excluding hydrogens is 222 g/mol. The predicted octanol–water partition coefficient (Wildman–Crippen LogP) is 2.75. The Balaban J connectivity index is 2.23. The summed E-state index contributed by atoms with van der Waals surface area (Å²) in [4.78, 5) is 0. The maximum Gasteiger partial charge on any atom is 0.0587 e. The van der Waals surface area contributed by atoms with E-state index in [2.05, 4.69) is 24.4 Å². The van der Waals surface area contributed by atoms with E-state index < -0.39 is 0 Å². The zero-order chi connectivity index (χ0) is 11.8. The molecule has 0 saturated heterocycles. The van der Waals surface area contributed by atoms with E-state index in [0.717, 1.165) is 31.1 Å². The van der Waals surface area contributed by atoms with Crippen LogP contribution in [0.15, 0.2) is 24.3 Å². The van der Waals surface area contributed by atoms with Gasteiger partial charge in [-0.2, -0.15) is 0 Å². The minimum Gasteiger partial charge on any atom is -0.383 e. The predicted molar refractivity (Wildman–Crippen MR) is 69.1 cm³/mol. The Bertz CT molecular complexity index is 286. The molecule has 1 atom stereocenters. The number of halogens is 1. The highest BCUT2D eigenvalue weighted by atomic mass is 35.5. The Morgan fingerprint density at radius 2 is 2.00 bits per heavy atom. The Morgan fingerprint density at radius 3 is 2.62 bits per heavy atom. The molecule has 0 amide bonds. The molecule has 0 aromatic heterocycles. The van der Waals surface area contributed by atoms with Crippen LogP contribution in [-0.4, -0.2) is 26.8 Å². The molecule has 0 saturated carbocycles. The normalized spacial score (nSPS) is 12.7. The number of methoxy groups -OCH3 is 1. The fraction of sp³-hybridized carbons (Fsp3) is 0.538. The minimum atomic E-state index is 0.623. The lowest BCUT2D eigenvalue weighted by molar-refractivity contribution is 0.198. The number of benzene rings is 1.